The zero-order valence-corrected chi connectivity index (χ0v) is 11.4. The number of thioether (sulfide) groups is 1. The third-order valence-electron chi connectivity index (χ3n) is 2.87. The molecule has 0 saturated carbocycles. The maximum atomic E-state index is 9.37. The van der Waals surface area contributed by atoms with Crippen molar-refractivity contribution in [3.05, 3.63) is 24.0 Å². The summed E-state index contributed by atoms with van der Waals surface area (Å²) in [6, 6.07) is 5.71. The Balaban J connectivity index is 2.23. The molecule has 0 atom stereocenters. The molecule has 1 aromatic carbocycles. The van der Waals surface area contributed by atoms with Crippen molar-refractivity contribution < 1.29 is 5.11 Å². The van der Waals surface area contributed by atoms with E-state index >= 15 is 0 Å². The first kappa shape index (κ1) is 13.2. The fourth-order valence-corrected chi connectivity index (χ4v) is 2.66. The largest absolute Gasteiger partial charge is 0.399 e. The standard InChI is InChI=1S/C13H19N3OS/c1-2-18-7-3-6-16-12-5-4-10(14)8-11(12)15-13(16)9-17/h4-5,8,17H,2-3,6-7,9,14H2,1H3. The number of aliphatic hydroxyl groups is 1. The van der Waals surface area contributed by atoms with Crippen LogP contribution >= 0.6 is 11.8 Å². The molecule has 98 valence electrons. The van der Waals surface area contributed by atoms with Crippen molar-refractivity contribution in [2.75, 3.05) is 17.2 Å². The fourth-order valence-electron chi connectivity index (χ4n) is 2.04. The molecule has 0 saturated heterocycles. The minimum Gasteiger partial charge on any atom is -0.399 e. The highest BCUT2D eigenvalue weighted by molar-refractivity contribution is 7.99. The number of fused-ring (bicyclic) bond motifs is 1. The third kappa shape index (κ3) is 2.79. The molecular formula is C13H19N3OS. The van der Waals surface area contributed by atoms with E-state index in [1.807, 2.05) is 30.0 Å². The van der Waals surface area contributed by atoms with Crippen LogP contribution in [-0.4, -0.2) is 26.2 Å². The van der Waals surface area contributed by atoms with Crippen LogP contribution in [0.3, 0.4) is 0 Å². The summed E-state index contributed by atoms with van der Waals surface area (Å²) < 4.78 is 2.09. The van der Waals surface area contributed by atoms with Gasteiger partial charge in [-0.3, -0.25) is 0 Å². The maximum absolute atomic E-state index is 9.37. The molecule has 3 N–H and O–H groups in total. The molecule has 0 fully saturated rings. The lowest BCUT2D eigenvalue weighted by atomic mass is 10.3. The minimum absolute atomic E-state index is 0.0322. The van der Waals surface area contributed by atoms with Gasteiger partial charge < -0.3 is 15.4 Å². The van der Waals surface area contributed by atoms with Gasteiger partial charge in [-0.1, -0.05) is 6.92 Å². The number of rotatable bonds is 6. The Labute approximate surface area is 111 Å². The van der Waals surface area contributed by atoms with Crippen LogP contribution in [0.25, 0.3) is 11.0 Å². The van der Waals surface area contributed by atoms with Crippen molar-refractivity contribution in [2.45, 2.75) is 26.5 Å². The van der Waals surface area contributed by atoms with Gasteiger partial charge in [0, 0.05) is 12.2 Å². The molecule has 0 spiro atoms. The summed E-state index contributed by atoms with van der Waals surface area (Å²) in [7, 11) is 0. The summed E-state index contributed by atoms with van der Waals surface area (Å²) in [6.45, 7) is 3.03. The molecule has 0 aliphatic rings. The van der Waals surface area contributed by atoms with Crippen molar-refractivity contribution in [1.29, 1.82) is 0 Å². The van der Waals surface area contributed by atoms with E-state index in [4.69, 9.17) is 5.73 Å². The van der Waals surface area contributed by atoms with Gasteiger partial charge in [-0.05, 0) is 36.1 Å². The van der Waals surface area contributed by atoms with Gasteiger partial charge >= 0.3 is 0 Å². The van der Waals surface area contributed by atoms with E-state index < -0.39 is 0 Å². The number of imidazole rings is 1. The van der Waals surface area contributed by atoms with E-state index in [9.17, 15) is 5.11 Å². The number of nitrogens with two attached hydrogens (primary N) is 1. The summed E-state index contributed by atoms with van der Waals surface area (Å²) in [4.78, 5) is 4.42. The average molecular weight is 265 g/mol. The fraction of sp³-hybridized carbons (Fsp3) is 0.462. The smallest absolute Gasteiger partial charge is 0.135 e. The van der Waals surface area contributed by atoms with Crippen LogP contribution in [-0.2, 0) is 13.2 Å². The summed E-state index contributed by atoms with van der Waals surface area (Å²) in [5, 5.41) is 9.37. The first-order chi connectivity index (χ1) is 8.76. The Bertz CT molecular complexity index is 524. The topological polar surface area (TPSA) is 64.1 Å². The molecule has 18 heavy (non-hydrogen) atoms. The van der Waals surface area contributed by atoms with Gasteiger partial charge in [0.2, 0.25) is 0 Å². The Morgan fingerprint density at radius 1 is 1.44 bits per heavy atom. The normalized spacial score (nSPS) is 11.2. The SMILES string of the molecule is CCSCCCn1c(CO)nc2cc(N)ccc21. The van der Waals surface area contributed by atoms with E-state index in [0.29, 0.717) is 5.69 Å². The van der Waals surface area contributed by atoms with Gasteiger partial charge in [0.25, 0.3) is 0 Å². The van der Waals surface area contributed by atoms with Crippen LogP contribution in [0, 0.1) is 0 Å². The number of aliphatic hydroxyl groups excluding tert-OH is 1. The lowest BCUT2D eigenvalue weighted by Crippen LogP contribution is -2.04. The molecule has 1 heterocycles. The van der Waals surface area contributed by atoms with Crippen molar-refractivity contribution in [2.24, 2.45) is 0 Å². The third-order valence-corrected chi connectivity index (χ3v) is 3.85. The molecule has 0 aliphatic heterocycles. The van der Waals surface area contributed by atoms with Crippen molar-refractivity contribution in [1.82, 2.24) is 9.55 Å². The van der Waals surface area contributed by atoms with Crippen LogP contribution in [0.1, 0.15) is 19.2 Å². The predicted octanol–water partition coefficient (Wildman–Crippen LogP) is 2.25. The highest BCUT2D eigenvalue weighted by Gasteiger charge is 2.09. The Hall–Kier alpha value is -1.20. The second-order valence-electron chi connectivity index (χ2n) is 4.14. The lowest BCUT2D eigenvalue weighted by molar-refractivity contribution is 0.266. The number of anilines is 1. The minimum atomic E-state index is -0.0322. The molecule has 5 heteroatoms. The van der Waals surface area contributed by atoms with Crippen molar-refractivity contribution in [3.63, 3.8) is 0 Å². The van der Waals surface area contributed by atoms with E-state index in [0.717, 1.165) is 41.3 Å². The Kier molecular flexibility index (Phi) is 4.49. The molecule has 0 aliphatic carbocycles. The van der Waals surface area contributed by atoms with Crippen LogP contribution in [0.4, 0.5) is 5.69 Å². The van der Waals surface area contributed by atoms with Crippen LogP contribution < -0.4 is 5.73 Å². The van der Waals surface area contributed by atoms with Gasteiger partial charge in [-0.25, -0.2) is 4.98 Å². The number of benzene rings is 1. The van der Waals surface area contributed by atoms with E-state index in [1.54, 1.807) is 0 Å². The average Bonchev–Trinajstić information content (AvgIpc) is 2.71. The number of nitrogens with zero attached hydrogens (tertiary/aromatic N) is 2. The van der Waals surface area contributed by atoms with E-state index in [1.165, 1.54) is 0 Å². The number of aryl methyl sites for hydroxylation is 1. The lowest BCUT2D eigenvalue weighted by Gasteiger charge is -2.07. The predicted molar refractivity (Wildman–Crippen MR) is 77.7 cm³/mol. The Morgan fingerprint density at radius 3 is 3.00 bits per heavy atom. The zero-order valence-electron chi connectivity index (χ0n) is 10.6. The molecule has 0 bridgehead atoms. The van der Waals surface area contributed by atoms with Crippen LogP contribution in [0.2, 0.25) is 0 Å². The highest BCUT2D eigenvalue weighted by Crippen LogP contribution is 2.20. The summed E-state index contributed by atoms with van der Waals surface area (Å²) in [5.74, 6) is 3.00. The molecule has 2 aromatic rings. The molecule has 0 radical (unpaired) electrons. The van der Waals surface area contributed by atoms with Gasteiger partial charge in [-0.15, -0.1) is 0 Å². The van der Waals surface area contributed by atoms with Crippen LogP contribution in [0.5, 0.6) is 0 Å². The first-order valence-electron chi connectivity index (χ1n) is 6.19. The quantitative estimate of drug-likeness (QED) is 0.621. The molecule has 0 amide bonds. The monoisotopic (exact) mass is 265 g/mol. The number of aromatic nitrogens is 2. The molecule has 2 rings (SSSR count). The first-order valence-corrected chi connectivity index (χ1v) is 7.35. The van der Waals surface area contributed by atoms with Gasteiger partial charge in [-0.2, -0.15) is 11.8 Å². The van der Waals surface area contributed by atoms with Gasteiger partial charge in [0.15, 0.2) is 0 Å². The van der Waals surface area contributed by atoms with Gasteiger partial charge in [0.05, 0.1) is 11.0 Å². The molecule has 4 nitrogen and oxygen atoms in total. The van der Waals surface area contributed by atoms with E-state index in [2.05, 4.69) is 16.5 Å². The molecular weight excluding hydrogens is 246 g/mol. The summed E-state index contributed by atoms with van der Waals surface area (Å²) >= 11 is 1.94. The number of hydrogen-bond donors (Lipinski definition) is 2. The van der Waals surface area contributed by atoms with Crippen molar-refractivity contribution >= 4 is 28.5 Å². The second kappa shape index (κ2) is 6.11. The molecule has 1 aromatic heterocycles. The number of hydrogen-bond acceptors (Lipinski definition) is 4. The second-order valence-corrected chi connectivity index (χ2v) is 5.53. The van der Waals surface area contributed by atoms with Gasteiger partial charge in [0.1, 0.15) is 12.4 Å². The Morgan fingerprint density at radius 2 is 2.28 bits per heavy atom. The number of nitrogen functional groups attached to an aromatic ring is 1. The summed E-state index contributed by atoms with van der Waals surface area (Å²) in [5.41, 5.74) is 8.37. The highest BCUT2D eigenvalue weighted by atomic mass is 32.2. The maximum Gasteiger partial charge on any atom is 0.135 e. The summed E-state index contributed by atoms with van der Waals surface area (Å²) in [6.07, 6.45) is 1.08. The van der Waals surface area contributed by atoms with Crippen LogP contribution in [0.15, 0.2) is 18.2 Å². The molecule has 0 unspecified atom stereocenters. The van der Waals surface area contributed by atoms with E-state index in [-0.39, 0.29) is 6.61 Å². The zero-order chi connectivity index (χ0) is 13.0. The van der Waals surface area contributed by atoms with Crippen molar-refractivity contribution in [3.8, 4) is 0 Å².